The van der Waals surface area contributed by atoms with Crippen LogP contribution in [0.2, 0.25) is 0 Å². The van der Waals surface area contributed by atoms with Crippen molar-refractivity contribution in [2.75, 3.05) is 5.32 Å². The average molecular weight is 471 g/mol. The maximum atomic E-state index is 12.3. The summed E-state index contributed by atoms with van der Waals surface area (Å²) < 4.78 is 0. The van der Waals surface area contributed by atoms with Gasteiger partial charge in [0.1, 0.15) is 22.1 Å². The fourth-order valence-electron chi connectivity index (χ4n) is 3.21. The highest BCUT2D eigenvalue weighted by Gasteiger charge is 2.28. The number of phenols is 1. The highest BCUT2D eigenvalue weighted by molar-refractivity contribution is 7.17. The second-order valence-corrected chi connectivity index (χ2v) is 8.46. The smallest absolute Gasteiger partial charge is 0.275 e. The lowest BCUT2D eigenvalue weighted by Gasteiger charge is -2.10. The van der Waals surface area contributed by atoms with Crippen molar-refractivity contribution in [1.82, 2.24) is 15.3 Å². The van der Waals surface area contributed by atoms with Crippen LogP contribution < -0.4 is 10.6 Å². The number of hydrogen-bond acceptors (Lipinski definition) is 8. The Kier molecular flexibility index (Phi) is 5.48. The number of rotatable bonds is 4. The fraction of sp³-hybridized carbons (Fsp3) is 0.0476. The number of phenolic OH excluding ortho intramolecular Hbond substituents is 1. The molecule has 3 aromatic heterocycles. The number of fused-ring (bicyclic) bond motifs is 1. The number of imide groups is 1. The number of halogens is 1. The molecule has 156 valence electrons. The van der Waals surface area contributed by atoms with Crippen LogP contribution in [0.4, 0.5) is 5.82 Å². The van der Waals surface area contributed by atoms with Gasteiger partial charge >= 0.3 is 0 Å². The van der Waals surface area contributed by atoms with E-state index in [2.05, 4.69) is 10.6 Å². The molecule has 0 spiro atoms. The van der Waals surface area contributed by atoms with Crippen LogP contribution >= 0.6 is 35.1 Å². The summed E-state index contributed by atoms with van der Waals surface area (Å²) in [6.07, 6.45) is 0. The molecule has 0 fully saturated rings. The molecule has 0 atom stereocenters. The molecule has 0 aliphatic carbocycles. The number of aromatic hydroxyl groups is 1. The maximum Gasteiger partial charge on any atom is 0.275 e. The number of nitrogens with zero attached hydrogens (tertiary/aromatic N) is 2. The molecule has 1 aliphatic heterocycles. The number of amides is 2. The van der Waals surface area contributed by atoms with Crippen molar-refractivity contribution in [2.45, 2.75) is 6.92 Å². The first-order valence-corrected chi connectivity index (χ1v) is 10.7. The number of aromatic nitrogens is 2. The second kappa shape index (κ2) is 8.10. The molecular formula is C21H15ClN4O3S2. The predicted molar refractivity (Wildman–Crippen MR) is 125 cm³/mol. The van der Waals surface area contributed by atoms with Crippen molar-refractivity contribution in [3.63, 3.8) is 0 Å². The van der Waals surface area contributed by atoms with E-state index >= 15 is 0 Å². The quantitative estimate of drug-likeness (QED) is 0.378. The molecule has 0 saturated heterocycles. The summed E-state index contributed by atoms with van der Waals surface area (Å²) in [5, 5.41) is 19.7. The largest absolute Gasteiger partial charge is 0.508 e. The zero-order valence-corrected chi connectivity index (χ0v) is 18.5. The van der Waals surface area contributed by atoms with E-state index in [4.69, 9.17) is 9.97 Å². The lowest BCUT2D eigenvalue weighted by atomic mass is 10.1. The fourth-order valence-corrected chi connectivity index (χ4v) is 4.82. The molecule has 0 bridgehead atoms. The summed E-state index contributed by atoms with van der Waals surface area (Å²) in [6.45, 7) is 1.59. The minimum Gasteiger partial charge on any atom is -0.508 e. The number of anilines is 1. The molecule has 1 aliphatic rings. The Morgan fingerprint density at radius 2 is 1.81 bits per heavy atom. The average Bonchev–Trinajstić information content (AvgIpc) is 3.46. The van der Waals surface area contributed by atoms with E-state index in [1.54, 1.807) is 19.1 Å². The Bertz CT molecular complexity index is 1350. The molecule has 4 heterocycles. The number of nitrogens with one attached hydrogen (secondary N) is 2. The highest BCUT2D eigenvalue weighted by atomic mass is 35.5. The van der Waals surface area contributed by atoms with Crippen molar-refractivity contribution in [3.05, 3.63) is 58.4 Å². The number of benzene rings is 1. The van der Waals surface area contributed by atoms with E-state index in [0.717, 1.165) is 26.2 Å². The molecule has 1 aromatic carbocycles. The van der Waals surface area contributed by atoms with Crippen molar-refractivity contribution >= 4 is 62.9 Å². The summed E-state index contributed by atoms with van der Waals surface area (Å²) >= 11 is 2.99. The number of hydrogen-bond donors (Lipinski definition) is 3. The van der Waals surface area contributed by atoms with Crippen LogP contribution in [0, 0.1) is 0 Å². The summed E-state index contributed by atoms with van der Waals surface area (Å²) in [6, 6.07) is 10.7. The molecule has 5 rings (SSSR count). The Hall–Kier alpha value is -3.27. The third kappa shape index (κ3) is 3.67. The molecule has 10 heteroatoms. The first kappa shape index (κ1) is 21.0. The van der Waals surface area contributed by atoms with Crippen LogP contribution in [0.15, 0.2) is 58.4 Å². The standard InChI is InChI=1S/C21H14N4O3S2.ClH/c1-10-16(20(28)25-19(10)27)22-18-15-13(11-4-6-12(26)7-5-11)9-30-21(15)24-17(23-18)14-3-2-8-29-14;/h2-9,26H,1H3,(H2,22,23,24,25,27,28);1H. The summed E-state index contributed by atoms with van der Waals surface area (Å²) in [5.41, 5.74) is 2.25. The topological polar surface area (TPSA) is 104 Å². The summed E-state index contributed by atoms with van der Waals surface area (Å²) in [5.74, 6) is 0.266. The zero-order valence-electron chi connectivity index (χ0n) is 16.0. The normalized spacial score (nSPS) is 13.5. The molecule has 3 N–H and O–H groups in total. The first-order valence-electron chi connectivity index (χ1n) is 8.97. The SMILES string of the molecule is CC1=C(Nc2nc(-c3cccs3)nc3scc(-c4ccc(O)cc4)c23)C(=O)NC1=O.Cl. The van der Waals surface area contributed by atoms with Gasteiger partial charge in [-0.15, -0.1) is 35.1 Å². The van der Waals surface area contributed by atoms with Crippen LogP contribution in [-0.2, 0) is 9.59 Å². The molecule has 4 aromatic rings. The molecule has 31 heavy (non-hydrogen) atoms. The molecule has 0 radical (unpaired) electrons. The molecule has 0 unspecified atom stereocenters. The van der Waals surface area contributed by atoms with Crippen molar-refractivity contribution in [1.29, 1.82) is 0 Å². The van der Waals surface area contributed by atoms with Gasteiger partial charge in [-0.1, -0.05) is 18.2 Å². The Morgan fingerprint density at radius 3 is 2.45 bits per heavy atom. The Labute approximate surface area is 190 Å². The maximum absolute atomic E-state index is 12.3. The third-order valence-electron chi connectivity index (χ3n) is 4.77. The minimum atomic E-state index is -0.483. The second-order valence-electron chi connectivity index (χ2n) is 6.66. The van der Waals surface area contributed by atoms with Crippen LogP contribution in [0.1, 0.15) is 6.92 Å². The lowest BCUT2D eigenvalue weighted by molar-refractivity contribution is -0.124. The van der Waals surface area contributed by atoms with Crippen molar-refractivity contribution < 1.29 is 14.7 Å². The highest BCUT2D eigenvalue weighted by Crippen LogP contribution is 2.39. The van der Waals surface area contributed by atoms with Gasteiger partial charge in [-0.25, -0.2) is 9.97 Å². The lowest BCUT2D eigenvalue weighted by Crippen LogP contribution is -2.24. The van der Waals surface area contributed by atoms with Crippen LogP contribution in [0.3, 0.4) is 0 Å². The van der Waals surface area contributed by atoms with E-state index < -0.39 is 11.8 Å². The number of carbonyl (C=O) groups excluding carboxylic acids is 2. The van der Waals surface area contributed by atoms with Crippen LogP contribution in [0.5, 0.6) is 5.75 Å². The van der Waals surface area contributed by atoms with E-state index in [9.17, 15) is 14.7 Å². The van der Waals surface area contributed by atoms with Crippen molar-refractivity contribution in [2.24, 2.45) is 0 Å². The predicted octanol–water partition coefficient (Wildman–Crippen LogP) is 4.56. The van der Waals surface area contributed by atoms with Gasteiger partial charge in [0.25, 0.3) is 11.8 Å². The van der Waals surface area contributed by atoms with E-state index in [1.807, 2.05) is 35.0 Å². The number of carbonyl (C=O) groups is 2. The first-order chi connectivity index (χ1) is 14.5. The van der Waals surface area contributed by atoms with E-state index in [0.29, 0.717) is 17.2 Å². The van der Waals surface area contributed by atoms with Crippen LogP contribution in [-0.4, -0.2) is 26.9 Å². The van der Waals surface area contributed by atoms with E-state index in [1.165, 1.54) is 22.7 Å². The molecule has 0 saturated carbocycles. The van der Waals surface area contributed by atoms with Gasteiger partial charge in [0.2, 0.25) is 0 Å². The monoisotopic (exact) mass is 470 g/mol. The Balaban J connectivity index is 0.00000231. The zero-order chi connectivity index (χ0) is 20.8. The van der Waals surface area contributed by atoms with Gasteiger partial charge in [0.05, 0.1) is 10.3 Å². The number of thiophene rings is 2. The Morgan fingerprint density at radius 1 is 1.03 bits per heavy atom. The van der Waals surface area contributed by atoms with Crippen LogP contribution in [0.25, 0.3) is 32.0 Å². The minimum absolute atomic E-state index is 0. The summed E-state index contributed by atoms with van der Waals surface area (Å²) in [4.78, 5) is 35.2. The van der Waals surface area contributed by atoms with Gasteiger partial charge in [-0.3, -0.25) is 14.9 Å². The van der Waals surface area contributed by atoms with Gasteiger partial charge in [0, 0.05) is 16.5 Å². The molecular weight excluding hydrogens is 456 g/mol. The molecule has 7 nitrogen and oxygen atoms in total. The van der Waals surface area contributed by atoms with Gasteiger partial charge in [0.15, 0.2) is 5.82 Å². The third-order valence-corrected chi connectivity index (χ3v) is 6.50. The van der Waals surface area contributed by atoms with Gasteiger partial charge < -0.3 is 10.4 Å². The van der Waals surface area contributed by atoms with Gasteiger partial charge in [-0.05, 0) is 36.1 Å². The van der Waals surface area contributed by atoms with E-state index in [-0.39, 0.29) is 23.9 Å². The van der Waals surface area contributed by atoms with Gasteiger partial charge in [-0.2, -0.15) is 0 Å². The molecule has 2 amide bonds. The van der Waals surface area contributed by atoms with Crippen molar-refractivity contribution in [3.8, 4) is 27.6 Å². The summed E-state index contributed by atoms with van der Waals surface area (Å²) in [7, 11) is 0.